The van der Waals surface area contributed by atoms with Crippen molar-refractivity contribution in [2.75, 3.05) is 20.1 Å². The summed E-state index contributed by atoms with van der Waals surface area (Å²) in [5.74, 6) is -4.91. The maximum atomic E-state index is 14.2. The number of aliphatic carboxylic acids is 1. The molecule has 0 bridgehead atoms. The van der Waals surface area contributed by atoms with Gasteiger partial charge >= 0.3 is 12.0 Å². The summed E-state index contributed by atoms with van der Waals surface area (Å²) in [6, 6.07) is 15.9. The number of carbonyl (C=O) groups excluding carboxylic acids is 6. The largest absolute Gasteiger partial charge is 0.506 e. The third kappa shape index (κ3) is 15.4. The summed E-state index contributed by atoms with van der Waals surface area (Å²) in [4.78, 5) is 96.1. The number of hydrogen-bond acceptors (Lipinski definition) is 8. The van der Waals surface area contributed by atoms with E-state index in [2.05, 4.69) is 31.9 Å². The summed E-state index contributed by atoms with van der Waals surface area (Å²) in [5, 5.41) is 36.2. The molecule has 0 aliphatic carbocycles. The molecular formula is C45H58ClN7O9. The Hall–Kier alpha value is -6.16. The lowest BCUT2D eigenvalue weighted by Crippen LogP contribution is -2.60. The molecule has 7 amide bonds. The second kappa shape index (κ2) is 24.3. The van der Waals surface area contributed by atoms with Gasteiger partial charge in [-0.25, -0.2) is 9.59 Å². The lowest BCUT2D eigenvalue weighted by molar-refractivity contribution is -0.140. The number of urea groups is 1. The monoisotopic (exact) mass is 875 g/mol. The summed E-state index contributed by atoms with van der Waals surface area (Å²) in [6.45, 7) is 3.31. The number of nitrogens with zero attached hydrogens (tertiary/aromatic N) is 1. The Morgan fingerprint density at radius 3 is 2.11 bits per heavy atom. The average molecular weight is 876 g/mol. The van der Waals surface area contributed by atoms with E-state index < -0.39 is 84.2 Å². The maximum absolute atomic E-state index is 14.2. The number of phenols is 1. The summed E-state index contributed by atoms with van der Waals surface area (Å²) >= 11 is 6.15. The van der Waals surface area contributed by atoms with Gasteiger partial charge in [0.05, 0.1) is 11.6 Å². The molecule has 0 unspecified atom stereocenters. The van der Waals surface area contributed by atoms with Crippen LogP contribution in [0.25, 0.3) is 0 Å². The molecule has 334 valence electrons. The molecule has 1 fully saturated rings. The van der Waals surface area contributed by atoms with Gasteiger partial charge in [-0.05, 0) is 79.7 Å². The number of halogens is 1. The highest BCUT2D eigenvalue weighted by Gasteiger charge is 2.34. The van der Waals surface area contributed by atoms with Gasteiger partial charge in [0.15, 0.2) is 0 Å². The predicted octanol–water partition coefficient (Wildman–Crippen LogP) is 3.23. The first-order valence-electron chi connectivity index (χ1n) is 20.9. The summed E-state index contributed by atoms with van der Waals surface area (Å²) in [7, 11) is 1.41. The summed E-state index contributed by atoms with van der Waals surface area (Å²) in [5.41, 5.74) is 2.29. The van der Waals surface area contributed by atoms with E-state index in [0.29, 0.717) is 36.8 Å². The third-order valence-electron chi connectivity index (χ3n) is 10.8. The number of carboxylic acid groups (broad SMARTS) is 1. The molecule has 8 N–H and O–H groups in total. The first-order valence-corrected chi connectivity index (χ1v) is 21.3. The molecule has 1 aliphatic rings. The SMILES string of the molecule is CC[C@@H](C)[C@H]1NC(=O)[C@H](NC(=O)N[C@@H](Cc2ccccc2)C(=O)O)CCCCNC(=O)[C@H](CCc2ccccc2)NC(=O)CN(C)C(=O)[C@H](CCc2ccc(O)c(Cl)c2)NC1=O. The van der Waals surface area contributed by atoms with E-state index >= 15 is 0 Å². The van der Waals surface area contributed by atoms with Crippen molar-refractivity contribution in [1.29, 1.82) is 0 Å². The van der Waals surface area contributed by atoms with E-state index in [1.54, 1.807) is 43.3 Å². The van der Waals surface area contributed by atoms with Crippen LogP contribution < -0.4 is 31.9 Å². The standard InChI is InChI=1S/C45H58ClN7O9/c1-4-28(2)39-42(58)49-35(22-19-31-20-23-37(54)32(46)25-31)43(59)53(3)27-38(55)48-34(21-18-29-13-7-5-8-14-29)40(56)47-24-12-11-17-33(41(57)52-39)50-45(62)51-36(44(60)61)26-30-15-9-6-10-16-30/h5-10,13-16,20,23,25,28,33-36,39,54H,4,11-12,17-19,21-22,24,26-27H2,1-3H3,(H,47,56)(H,48,55)(H,49,58)(H,52,57)(H,60,61)(H2,50,51,62)/t28-,33-,34+,35+,36+,39-/m1/s1. The summed E-state index contributed by atoms with van der Waals surface area (Å²) < 4.78 is 0. The molecule has 4 rings (SSSR count). The van der Waals surface area contributed by atoms with Crippen LogP contribution in [-0.2, 0) is 48.0 Å². The van der Waals surface area contributed by atoms with Crippen molar-refractivity contribution >= 4 is 53.1 Å². The van der Waals surface area contributed by atoms with Gasteiger partial charge in [-0.1, -0.05) is 98.6 Å². The van der Waals surface area contributed by atoms with Crippen molar-refractivity contribution in [3.8, 4) is 5.75 Å². The molecule has 0 aromatic heterocycles. The number of hydrogen-bond donors (Lipinski definition) is 8. The minimum absolute atomic E-state index is 0.0158. The van der Waals surface area contributed by atoms with Crippen molar-refractivity contribution in [2.45, 2.75) is 102 Å². The van der Waals surface area contributed by atoms with Crippen molar-refractivity contribution in [2.24, 2.45) is 5.92 Å². The van der Waals surface area contributed by atoms with Crippen LogP contribution in [0.5, 0.6) is 5.75 Å². The van der Waals surface area contributed by atoms with Crippen molar-refractivity contribution in [3.63, 3.8) is 0 Å². The Morgan fingerprint density at radius 2 is 1.47 bits per heavy atom. The van der Waals surface area contributed by atoms with Gasteiger partial charge < -0.3 is 47.0 Å². The van der Waals surface area contributed by atoms with Crippen LogP contribution in [0.4, 0.5) is 4.79 Å². The number of phenolic OH excluding ortho intramolecular Hbond substituents is 1. The zero-order valence-corrected chi connectivity index (χ0v) is 36.1. The highest BCUT2D eigenvalue weighted by Crippen LogP contribution is 2.24. The van der Waals surface area contributed by atoms with Crippen molar-refractivity contribution < 1.29 is 43.8 Å². The lowest BCUT2D eigenvalue weighted by atomic mass is 9.96. The van der Waals surface area contributed by atoms with E-state index in [1.165, 1.54) is 19.2 Å². The molecule has 62 heavy (non-hydrogen) atoms. The first kappa shape index (κ1) is 48.5. The second-order valence-electron chi connectivity index (χ2n) is 15.6. The molecule has 1 saturated heterocycles. The molecule has 0 spiro atoms. The van der Waals surface area contributed by atoms with Gasteiger partial charge in [0.2, 0.25) is 29.5 Å². The first-order chi connectivity index (χ1) is 29.6. The zero-order chi connectivity index (χ0) is 45.2. The molecule has 1 heterocycles. The van der Waals surface area contributed by atoms with E-state index in [-0.39, 0.29) is 49.4 Å². The van der Waals surface area contributed by atoms with Crippen LogP contribution in [0.1, 0.15) is 69.1 Å². The quantitative estimate of drug-likeness (QED) is 0.126. The van der Waals surface area contributed by atoms with E-state index in [0.717, 1.165) is 10.5 Å². The van der Waals surface area contributed by atoms with Gasteiger partial charge in [0, 0.05) is 20.0 Å². The fourth-order valence-electron chi connectivity index (χ4n) is 7.00. The maximum Gasteiger partial charge on any atom is 0.326 e. The van der Waals surface area contributed by atoms with E-state index in [1.807, 2.05) is 37.3 Å². The topological polar surface area (TPSA) is 235 Å². The number of nitrogens with one attached hydrogen (secondary N) is 6. The highest BCUT2D eigenvalue weighted by atomic mass is 35.5. The predicted molar refractivity (Wildman–Crippen MR) is 233 cm³/mol. The van der Waals surface area contributed by atoms with Crippen LogP contribution in [0, 0.1) is 5.92 Å². The fourth-order valence-corrected chi connectivity index (χ4v) is 7.20. The van der Waals surface area contributed by atoms with Crippen LogP contribution in [0.15, 0.2) is 78.9 Å². The number of aryl methyl sites for hydroxylation is 2. The molecular weight excluding hydrogens is 818 g/mol. The molecule has 0 saturated carbocycles. The van der Waals surface area contributed by atoms with Crippen molar-refractivity contribution in [1.82, 2.24) is 36.8 Å². The van der Waals surface area contributed by atoms with Crippen LogP contribution in [0.3, 0.4) is 0 Å². The average Bonchev–Trinajstić information content (AvgIpc) is 3.25. The molecule has 16 nitrogen and oxygen atoms in total. The number of benzene rings is 3. The fraction of sp³-hybridized carbons (Fsp3) is 0.444. The molecule has 3 aromatic rings. The molecule has 17 heteroatoms. The molecule has 1 aliphatic heterocycles. The Kier molecular flexibility index (Phi) is 19.0. The van der Waals surface area contributed by atoms with Gasteiger partial charge in [-0.15, -0.1) is 0 Å². The number of amides is 7. The number of rotatable bonds is 13. The molecule has 6 atom stereocenters. The summed E-state index contributed by atoms with van der Waals surface area (Å²) in [6.07, 6.45) is 2.15. The minimum atomic E-state index is -1.32. The van der Waals surface area contributed by atoms with Gasteiger partial charge in [-0.2, -0.15) is 0 Å². The Labute approximate surface area is 366 Å². The third-order valence-corrected chi connectivity index (χ3v) is 11.1. The zero-order valence-electron chi connectivity index (χ0n) is 35.3. The minimum Gasteiger partial charge on any atom is -0.506 e. The number of aromatic hydroxyl groups is 1. The molecule has 0 radical (unpaired) electrons. The van der Waals surface area contributed by atoms with Gasteiger partial charge in [0.1, 0.15) is 36.0 Å². The second-order valence-corrected chi connectivity index (χ2v) is 16.0. The Morgan fingerprint density at radius 1 is 0.823 bits per heavy atom. The number of likely N-dealkylation sites (N-methyl/N-ethyl adjacent to an activating group) is 1. The van der Waals surface area contributed by atoms with E-state index in [4.69, 9.17) is 11.6 Å². The highest BCUT2D eigenvalue weighted by molar-refractivity contribution is 6.32. The number of carboxylic acids is 1. The lowest BCUT2D eigenvalue weighted by Gasteiger charge is -2.30. The van der Waals surface area contributed by atoms with E-state index in [9.17, 15) is 43.8 Å². The molecule has 3 aromatic carbocycles. The smallest absolute Gasteiger partial charge is 0.326 e. The number of carbonyl (C=O) groups is 7. The van der Waals surface area contributed by atoms with Gasteiger partial charge in [-0.3, -0.25) is 24.0 Å². The Bertz CT molecular complexity index is 2010. The van der Waals surface area contributed by atoms with Crippen LogP contribution in [-0.4, -0.2) is 107 Å². The van der Waals surface area contributed by atoms with Crippen molar-refractivity contribution in [3.05, 3.63) is 101 Å². The van der Waals surface area contributed by atoms with Gasteiger partial charge in [0.25, 0.3) is 0 Å². The normalized spacial score (nSPS) is 20.8. The van der Waals surface area contributed by atoms with Crippen LogP contribution in [0.2, 0.25) is 5.02 Å². The Balaban J connectivity index is 1.63. The van der Waals surface area contributed by atoms with Crippen LogP contribution >= 0.6 is 11.6 Å².